The average molecular weight is 570 g/mol. The third-order valence-electron chi connectivity index (χ3n) is 3.36. The van der Waals surface area contributed by atoms with Gasteiger partial charge in [-0.2, -0.15) is 0 Å². The summed E-state index contributed by atoms with van der Waals surface area (Å²) in [5.41, 5.74) is 0. The van der Waals surface area contributed by atoms with Crippen molar-refractivity contribution in [3.05, 3.63) is 55.5 Å². The summed E-state index contributed by atoms with van der Waals surface area (Å²) < 4.78 is -0.467. The molecule has 7 heteroatoms. The summed E-state index contributed by atoms with van der Waals surface area (Å²) in [6.07, 6.45) is 2.37. The molecule has 0 aliphatic rings. The number of benzene rings is 2. The van der Waals surface area contributed by atoms with Crippen LogP contribution in [0.3, 0.4) is 0 Å². The van der Waals surface area contributed by atoms with Crippen molar-refractivity contribution < 1.29 is 18.2 Å². The first-order valence-electron chi connectivity index (χ1n) is 8.72. The van der Waals surface area contributed by atoms with Gasteiger partial charge in [-0.25, -0.2) is 0 Å². The first-order chi connectivity index (χ1) is 13.1. The van der Waals surface area contributed by atoms with Crippen LogP contribution >= 0.6 is 61.8 Å². The van der Waals surface area contributed by atoms with Gasteiger partial charge in [-0.15, -0.1) is 35.1 Å². The van der Waals surface area contributed by atoms with Gasteiger partial charge in [0.2, 0.25) is 0 Å². The van der Waals surface area contributed by atoms with Gasteiger partial charge < -0.3 is 6.92 Å². The summed E-state index contributed by atoms with van der Waals surface area (Å²) in [4.78, 5) is 2.71. The second kappa shape index (κ2) is 15.1. The molecule has 27 heavy (non-hydrogen) atoms. The molecule has 0 aliphatic carbocycles. The fourth-order valence-corrected chi connectivity index (χ4v) is 7.95. The summed E-state index contributed by atoms with van der Waals surface area (Å²) >= 11 is 13.0. The number of alkyl halides is 1. The van der Waals surface area contributed by atoms with Crippen molar-refractivity contribution in [1.82, 2.24) is 0 Å². The topological polar surface area (TPSA) is 0 Å². The molecule has 2 atom stereocenters. The number of hydrogen-bond acceptors (Lipinski definition) is 2. The van der Waals surface area contributed by atoms with Crippen molar-refractivity contribution in [2.24, 2.45) is 0 Å². The molecule has 0 aromatic heterocycles. The van der Waals surface area contributed by atoms with E-state index >= 15 is 0 Å². The Hall–Kier alpha value is 1.24. The Morgan fingerprint density at radius 1 is 0.852 bits per heavy atom. The molecule has 0 aliphatic heterocycles. The van der Waals surface area contributed by atoms with Gasteiger partial charge >= 0.3 is 27.7 Å². The molecule has 0 bridgehead atoms. The number of rotatable bonds is 10. The number of thioether (sulfide) groups is 2. The molecule has 152 valence electrons. The molecule has 0 saturated heterocycles. The molecule has 0 fully saturated rings. The van der Waals surface area contributed by atoms with Crippen LogP contribution in [-0.2, 0) is 18.2 Å². The van der Waals surface area contributed by atoms with E-state index in [1.54, 1.807) is 0 Å². The van der Waals surface area contributed by atoms with E-state index in [2.05, 4.69) is 97.0 Å². The fraction of sp³-hybridized carbons (Fsp3) is 0.350. The van der Waals surface area contributed by atoms with Crippen LogP contribution < -0.4 is 10.6 Å². The minimum atomic E-state index is -0.467. The maximum atomic E-state index is 6.91. The molecule has 0 N–H and O–H groups in total. The molecule has 2 aromatic rings. The zero-order valence-electron chi connectivity index (χ0n) is 15.5. The maximum absolute atomic E-state index is 6.91. The average Bonchev–Trinajstić information content (AvgIpc) is 2.67. The van der Waals surface area contributed by atoms with E-state index in [1.165, 1.54) is 33.2 Å². The van der Waals surface area contributed by atoms with E-state index in [4.69, 9.17) is 11.6 Å². The third-order valence-corrected chi connectivity index (χ3v) is 9.80. The van der Waals surface area contributed by atoms with Crippen molar-refractivity contribution in [1.29, 1.82) is 0 Å². The van der Waals surface area contributed by atoms with E-state index in [-0.39, 0.29) is 0 Å². The molecular weight excluding hydrogens is 544 g/mol. The zero-order chi connectivity index (χ0) is 20.1. The molecular formula is C20H26Cl2P2PdS2. The SMILES string of the molecule is [CH2-]C(Cl)(Pc1ccccc1SCCC)Pc1ccccc1SCCC.[Cl][Pd+]. The van der Waals surface area contributed by atoms with Gasteiger partial charge in [-0.05, 0) is 51.4 Å². The third kappa shape index (κ3) is 10.2. The quantitative estimate of drug-likeness (QED) is 0.0961. The molecule has 0 spiro atoms. The molecule has 0 saturated carbocycles. The standard InChI is InChI=1S/C20H26ClP2S2.ClH.Pd/c1-4-14-24-18-12-8-6-10-16(18)22-20(3,21)23-17-11-7-9-13-19(17)25-15-5-2;;/h6-13,22-23H,3-5,14-15H2,1-2H3;1H;/q-1;;+2/p-1. The van der Waals surface area contributed by atoms with Crippen LogP contribution in [0.2, 0.25) is 0 Å². The molecule has 0 heterocycles. The first-order valence-corrected chi connectivity index (χ1v) is 15.1. The van der Waals surface area contributed by atoms with Crippen molar-refractivity contribution in [2.45, 2.75) is 40.8 Å². The second-order valence-corrected chi connectivity index (χ2v) is 13.1. The predicted molar refractivity (Wildman–Crippen MR) is 131 cm³/mol. The molecule has 2 aromatic carbocycles. The monoisotopic (exact) mass is 568 g/mol. The summed E-state index contributed by atoms with van der Waals surface area (Å²) in [6, 6.07) is 17.3. The first kappa shape index (κ1) is 26.3. The summed E-state index contributed by atoms with van der Waals surface area (Å²) in [7, 11) is 5.49. The van der Waals surface area contributed by atoms with Crippen LogP contribution in [0, 0.1) is 6.92 Å². The van der Waals surface area contributed by atoms with E-state index in [0.717, 1.165) is 11.5 Å². The van der Waals surface area contributed by atoms with Gasteiger partial charge in [0.1, 0.15) is 0 Å². The Morgan fingerprint density at radius 3 is 1.59 bits per heavy atom. The normalized spacial score (nSPS) is 13.7. The van der Waals surface area contributed by atoms with Crippen molar-refractivity contribution in [2.75, 3.05) is 11.5 Å². The van der Waals surface area contributed by atoms with Gasteiger partial charge in [0.15, 0.2) is 0 Å². The summed E-state index contributed by atoms with van der Waals surface area (Å²) in [6.45, 7) is 8.81. The number of halogens is 2. The van der Waals surface area contributed by atoms with Crippen molar-refractivity contribution in [3.8, 4) is 0 Å². The van der Waals surface area contributed by atoms with Crippen LogP contribution in [0.25, 0.3) is 0 Å². The molecule has 0 amide bonds. The van der Waals surface area contributed by atoms with Gasteiger partial charge in [-0.3, -0.25) is 0 Å². The minimum absolute atomic E-state index is 0.467. The van der Waals surface area contributed by atoms with E-state index in [9.17, 15) is 0 Å². The molecule has 2 unspecified atom stereocenters. The van der Waals surface area contributed by atoms with Crippen molar-refractivity contribution >= 4 is 72.4 Å². The Morgan fingerprint density at radius 2 is 1.22 bits per heavy atom. The van der Waals surface area contributed by atoms with Crippen LogP contribution in [0.4, 0.5) is 0 Å². The Labute approximate surface area is 197 Å². The Bertz CT molecular complexity index is 616. The van der Waals surface area contributed by atoms with E-state index in [1.807, 2.05) is 23.5 Å². The van der Waals surface area contributed by atoms with Crippen molar-refractivity contribution in [3.63, 3.8) is 0 Å². The van der Waals surface area contributed by atoms with Crippen LogP contribution in [0.5, 0.6) is 0 Å². The number of hydrogen-bond donors (Lipinski definition) is 0. The molecule has 0 radical (unpaired) electrons. The predicted octanol–water partition coefficient (Wildman–Crippen LogP) is 7.41. The molecule has 0 nitrogen and oxygen atoms in total. The zero-order valence-corrected chi connectivity index (χ0v) is 22.2. The van der Waals surface area contributed by atoms with E-state index in [0.29, 0.717) is 17.2 Å². The Balaban J connectivity index is 0.00000176. The van der Waals surface area contributed by atoms with E-state index < -0.39 is 4.36 Å². The van der Waals surface area contributed by atoms with Crippen LogP contribution in [0.15, 0.2) is 58.3 Å². The van der Waals surface area contributed by atoms with Gasteiger partial charge in [0.25, 0.3) is 0 Å². The van der Waals surface area contributed by atoms with Gasteiger partial charge in [0, 0.05) is 9.79 Å². The molecule has 2 rings (SSSR count). The fourth-order valence-electron chi connectivity index (χ4n) is 2.27. The summed E-state index contributed by atoms with van der Waals surface area (Å²) in [5, 5.41) is 2.69. The summed E-state index contributed by atoms with van der Waals surface area (Å²) in [5.74, 6) is 2.29. The van der Waals surface area contributed by atoms with Crippen LogP contribution in [0.1, 0.15) is 26.7 Å². The van der Waals surface area contributed by atoms with Crippen LogP contribution in [-0.4, -0.2) is 15.9 Å². The Kier molecular flexibility index (Phi) is 14.7. The second-order valence-electron chi connectivity index (χ2n) is 5.74. The van der Waals surface area contributed by atoms with Gasteiger partial charge in [0.05, 0.1) is 0 Å². The van der Waals surface area contributed by atoms with Gasteiger partial charge in [-0.1, -0.05) is 67.4 Å².